The molecule has 1 aliphatic heterocycles. The van der Waals surface area contributed by atoms with Gasteiger partial charge in [0.15, 0.2) is 6.61 Å². The van der Waals surface area contributed by atoms with E-state index < -0.39 is 18.5 Å². The first-order valence-corrected chi connectivity index (χ1v) is 11.3. The third kappa shape index (κ3) is 5.06. The maximum atomic E-state index is 12.4. The van der Waals surface area contributed by atoms with Crippen LogP contribution in [0.4, 0.5) is 5.69 Å². The van der Waals surface area contributed by atoms with Gasteiger partial charge in [0, 0.05) is 21.7 Å². The van der Waals surface area contributed by atoms with Gasteiger partial charge in [-0.05, 0) is 50.1 Å². The van der Waals surface area contributed by atoms with Crippen molar-refractivity contribution in [1.82, 2.24) is 5.32 Å². The average Bonchev–Trinajstić information content (AvgIpc) is 3.23. The topological polar surface area (TPSA) is 93.7 Å². The van der Waals surface area contributed by atoms with Crippen molar-refractivity contribution in [2.45, 2.75) is 27.4 Å². The minimum atomic E-state index is -0.586. The molecule has 170 valence electrons. The molecule has 0 radical (unpaired) electrons. The molecule has 0 bridgehead atoms. The van der Waals surface area contributed by atoms with Gasteiger partial charge in [0.05, 0.1) is 6.54 Å². The molecular formula is C25H24N2O5S. The predicted molar refractivity (Wildman–Crippen MR) is 127 cm³/mol. The number of ether oxygens (including phenoxy) is 2. The van der Waals surface area contributed by atoms with E-state index in [4.69, 9.17) is 9.47 Å². The highest BCUT2D eigenvalue weighted by Crippen LogP contribution is 2.42. The van der Waals surface area contributed by atoms with Gasteiger partial charge in [0.25, 0.3) is 5.91 Å². The maximum Gasteiger partial charge on any atom is 0.348 e. The van der Waals surface area contributed by atoms with Crippen molar-refractivity contribution in [2.24, 2.45) is 0 Å². The van der Waals surface area contributed by atoms with Crippen molar-refractivity contribution in [3.63, 3.8) is 0 Å². The van der Waals surface area contributed by atoms with E-state index in [1.807, 2.05) is 57.2 Å². The second-order valence-electron chi connectivity index (χ2n) is 7.92. The van der Waals surface area contributed by atoms with Gasteiger partial charge in [-0.2, -0.15) is 0 Å². The molecule has 1 aromatic heterocycles. The molecule has 0 atom stereocenters. The first-order valence-electron chi connectivity index (χ1n) is 10.5. The largest absolute Gasteiger partial charge is 0.488 e. The van der Waals surface area contributed by atoms with Gasteiger partial charge in [0.2, 0.25) is 5.91 Å². The highest BCUT2D eigenvalue weighted by molar-refractivity contribution is 7.17. The van der Waals surface area contributed by atoms with Gasteiger partial charge in [-0.25, -0.2) is 4.79 Å². The number of para-hydroxylation sites is 1. The Hall–Kier alpha value is -3.65. The Bertz CT molecular complexity index is 1220. The van der Waals surface area contributed by atoms with Gasteiger partial charge in [-0.1, -0.05) is 29.8 Å². The Balaban J connectivity index is 1.28. The molecule has 0 spiro atoms. The van der Waals surface area contributed by atoms with E-state index in [-0.39, 0.29) is 12.5 Å². The molecular weight excluding hydrogens is 440 g/mol. The number of carbonyl (C=O) groups is 3. The molecule has 0 unspecified atom stereocenters. The van der Waals surface area contributed by atoms with Crippen molar-refractivity contribution in [1.29, 1.82) is 0 Å². The number of amides is 2. The van der Waals surface area contributed by atoms with Crippen LogP contribution in [0, 0.1) is 20.8 Å². The Morgan fingerprint density at radius 3 is 2.52 bits per heavy atom. The summed E-state index contributed by atoms with van der Waals surface area (Å²) in [5.74, 6) is -0.710. The molecule has 0 saturated carbocycles. The first-order chi connectivity index (χ1) is 15.8. The zero-order valence-corrected chi connectivity index (χ0v) is 19.4. The number of esters is 1. The summed E-state index contributed by atoms with van der Waals surface area (Å²) in [6.45, 7) is 5.52. The molecule has 0 aliphatic carbocycles. The summed E-state index contributed by atoms with van der Waals surface area (Å²) in [6, 6.07) is 13.3. The number of fused-ring (bicyclic) bond motifs is 3. The van der Waals surface area contributed by atoms with Gasteiger partial charge in [-0.15, -0.1) is 11.3 Å². The van der Waals surface area contributed by atoms with Crippen LogP contribution in [0.5, 0.6) is 5.75 Å². The standard InChI is InChI=1S/C25H24N2O5S/c1-14-8-15(2)23(16(3)9-14)27-21(28)11-26-22(29)13-32-25(30)20-10-17-12-31-19-7-5-4-6-18(19)24(17)33-20/h4-10H,11-13H2,1-3H3,(H,26,29)(H,27,28). The normalized spacial score (nSPS) is 11.6. The van der Waals surface area contributed by atoms with Gasteiger partial charge < -0.3 is 20.1 Å². The van der Waals surface area contributed by atoms with Crippen LogP contribution in [-0.2, 0) is 20.9 Å². The first kappa shape index (κ1) is 22.5. The van der Waals surface area contributed by atoms with Crippen LogP contribution in [-0.4, -0.2) is 30.9 Å². The molecule has 33 heavy (non-hydrogen) atoms. The maximum absolute atomic E-state index is 12.4. The molecule has 8 heteroatoms. The zero-order valence-electron chi connectivity index (χ0n) is 18.6. The summed E-state index contributed by atoms with van der Waals surface area (Å²) in [7, 11) is 0. The molecule has 3 aromatic rings. The van der Waals surface area contributed by atoms with Crippen LogP contribution in [0.1, 0.15) is 31.9 Å². The molecule has 2 aromatic carbocycles. The predicted octanol–water partition coefficient (Wildman–Crippen LogP) is 4.14. The number of benzene rings is 2. The Morgan fingerprint density at radius 1 is 1.03 bits per heavy atom. The monoisotopic (exact) mass is 464 g/mol. The molecule has 7 nitrogen and oxygen atoms in total. The van der Waals surface area contributed by atoms with Crippen molar-refractivity contribution in [2.75, 3.05) is 18.5 Å². The molecule has 2 N–H and O–H groups in total. The lowest BCUT2D eigenvalue weighted by molar-refractivity contribution is -0.126. The number of aryl methyl sites for hydroxylation is 3. The highest BCUT2D eigenvalue weighted by Gasteiger charge is 2.23. The molecule has 0 saturated heterocycles. The van der Waals surface area contributed by atoms with Crippen molar-refractivity contribution >= 4 is 34.8 Å². The second-order valence-corrected chi connectivity index (χ2v) is 8.98. The molecule has 4 rings (SSSR count). The van der Waals surface area contributed by atoms with Crippen molar-refractivity contribution in [3.8, 4) is 16.2 Å². The smallest absolute Gasteiger partial charge is 0.348 e. The summed E-state index contributed by atoms with van der Waals surface area (Å²) in [5, 5.41) is 5.29. The lowest BCUT2D eigenvalue weighted by Gasteiger charge is -2.16. The highest BCUT2D eigenvalue weighted by atomic mass is 32.1. The number of rotatable bonds is 6. The van der Waals surface area contributed by atoms with E-state index in [1.165, 1.54) is 11.3 Å². The third-order valence-electron chi connectivity index (χ3n) is 5.25. The van der Waals surface area contributed by atoms with Crippen LogP contribution in [0.3, 0.4) is 0 Å². The van der Waals surface area contributed by atoms with Crippen LogP contribution in [0.15, 0.2) is 42.5 Å². The van der Waals surface area contributed by atoms with Crippen molar-refractivity contribution in [3.05, 3.63) is 69.6 Å². The van der Waals surface area contributed by atoms with E-state index in [2.05, 4.69) is 10.6 Å². The summed E-state index contributed by atoms with van der Waals surface area (Å²) in [5.41, 5.74) is 5.60. The van der Waals surface area contributed by atoms with E-state index >= 15 is 0 Å². The van der Waals surface area contributed by atoms with Gasteiger partial charge in [0.1, 0.15) is 17.2 Å². The van der Waals surface area contributed by atoms with Crippen LogP contribution in [0.25, 0.3) is 10.4 Å². The van der Waals surface area contributed by atoms with E-state index in [9.17, 15) is 14.4 Å². The quantitative estimate of drug-likeness (QED) is 0.535. The van der Waals surface area contributed by atoms with E-state index in [0.717, 1.165) is 44.1 Å². The minimum Gasteiger partial charge on any atom is -0.488 e. The SMILES string of the molecule is Cc1cc(C)c(NC(=O)CNC(=O)COC(=O)c2cc3c(s2)-c2ccccc2OC3)c(C)c1. The van der Waals surface area contributed by atoms with Crippen LogP contribution < -0.4 is 15.4 Å². The third-order valence-corrected chi connectivity index (χ3v) is 6.44. The Labute approximate surface area is 195 Å². The van der Waals surface area contributed by atoms with E-state index in [1.54, 1.807) is 6.07 Å². The minimum absolute atomic E-state index is 0.218. The van der Waals surface area contributed by atoms with E-state index in [0.29, 0.717) is 11.5 Å². The Kier molecular flexibility index (Phi) is 6.46. The Morgan fingerprint density at radius 2 is 1.76 bits per heavy atom. The number of thiophene rings is 1. The fourth-order valence-electron chi connectivity index (χ4n) is 3.79. The van der Waals surface area contributed by atoms with Gasteiger partial charge >= 0.3 is 5.97 Å². The summed E-state index contributed by atoms with van der Waals surface area (Å²) in [4.78, 5) is 38.1. The summed E-state index contributed by atoms with van der Waals surface area (Å²) >= 11 is 1.31. The van der Waals surface area contributed by atoms with Gasteiger partial charge in [-0.3, -0.25) is 9.59 Å². The summed E-state index contributed by atoms with van der Waals surface area (Å²) < 4.78 is 10.9. The van der Waals surface area contributed by atoms with Crippen molar-refractivity contribution < 1.29 is 23.9 Å². The molecule has 2 heterocycles. The molecule has 1 aliphatic rings. The summed E-state index contributed by atoms with van der Waals surface area (Å²) in [6.07, 6.45) is 0. The number of hydrogen-bond acceptors (Lipinski definition) is 6. The second kappa shape index (κ2) is 9.46. The lowest BCUT2D eigenvalue weighted by Crippen LogP contribution is -2.35. The number of carbonyl (C=O) groups excluding carboxylic acids is 3. The fraction of sp³-hybridized carbons (Fsp3) is 0.240. The number of nitrogens with one attached hydrogen (secondary N) is 2. The average molecular weight is 465 g/mol. The number of hydrogen-bond donors (Lipinski definition) is 2. The zero-order chi connectivity index (χ0) is 23.5. The fourth-order valence-corrected chi connectivity index (χ4v) is 4.88. The number of anilines is 1. The van der Waals surface area contributed by atoms with Crippen LogP contribution >= 0.6 is 11.3 Å². The lowest BCUT2D eigenvalue weighted by atomic mass is 10.1. The van der Waals surface area contributed by atoms with Crippen LogP contribution in [0.2, 0.25) is 0 Å². The molecule has 0 fully saturated rings. The molecule has 2 amide bonds.